The van der Waals surface area contributed by atoms with Crippen LogP contribution in [-0.2, 0) is 13.0 Å². The lowest BCUT2D eigenvalue weighted by Gasteiger charge is -2.15. The first-order valence-corrected chi connectivity index (χ1v) is 9.81. The Balaban J connectivity index is 1.83. The molecule has 0 spiro atoms. The molecule has 4 N–H and O–H groups in total. The van der Waals surface area contributed by atoms with Gasteiger partial charge in [-0.2, -0.15) is 0 Å². The first-order valence-electron chi connectivity index (χ1n) is 8.73. The fraction of sp³-hybridized carbons (Fsp3) is 0.190. The van der Waals surface area contributed by atoms with E-state index in [1.807, 2.05) is 12.1 Å². The van der Waals surface area contributed by atoms with E-state index < -0.39 is 5.82 Å². The fourth-order valence-electron chi connectivity index (χ4n) is 2.79. The van der Waals surface area contributed by atoms with E-state index in [1.54, 1.807) is 31.5 Å². The number of pyridine rings is 1. The molecule has 29 heavy (non-hydrogen) atoms. The van der Waals surface area contributed by atoms with Crippen LogP contribution >= 0.6 is 22.6 Å². The molecule has 0 amide bonds. The van der Waals surface area contributed by atoms with Crippen LogP contribution in [0, 0.1) is 9.39 Å². The molecule has 0 saturated heterocycles. The topological polar surface area (TPSA) is 92.6 Å². The lowest BCUT2D eigenvalue weighted by molar-refractivity contribution is 0.281. The lowest BCUT2D eigenvalue weighted by atomic mass is 10.0. The largest absolute Gasteiger partial charge is 0.493 e. The number of benzene rings is 2. The highest BCUT2D eigenvalue weighted by molar-refractivity contribution is 14.1. The number of methoxy groups -OCH3 is 2. The molecule has 0 atom stereocenters. The first-order chi connectivity index (χ1) is 13.9. The summed E-state index contributed by atoms with van der Waals surface area (Å²) in [5.74, 6) is 0.837. The Morgan fingerprint density at radius 1 is 1.03 bits per heavy atom. The summed E-state index contributed by atoms with van der Waals surface area (Å²) < 4.78 is 31.9. The molecule has 2 aromatic carbocycles. The van der Waals surface area contributed by atoms with E-state index in [9.17, 15) is 4.39 Å². The van der Waals surface area contributed by atoms with E-state index in [0.717, 1.165) is 14.7 Å². The van der Waals surface area contributed by atoms with Gasteiger partial charge in [-0.1, -0.05) is 0 Å². The molecule has 3 rings (SSSR count). The molecule has 3 aromatic rings. The smallest absolute Gasteiger partial charge is 0.212 e. The van der Waals surface area contributed by atoms with Gasteiger partial charge in [0.15, 0.2) is 11.5 Å². The molecule has 1 aromatic heterocycles. The van der Waals surface area contributed by atoms with Crippen LogP contribution in [0.2, 0.25) is 0 Å². The molecular weight excluding hydrogens is 488 g/mol. The van der Waals surface area contributed by atoms with Gasteiger partial charge in [-0.25, -0.2) is 9.37 Å². The number of aromatic nitrogens is 1. The van der Waals surface area contributed by atoms with Gasteiger partial charge in [0.2, 0.25) is 5.88 Å². The quantitative estimate of drug-likeness (QED) is 0.367. The normalized spacial score (nSPS) is 10.6. The average molecular weight is 509 g/mol. The summed E-state index contributed by atoms with van der Waals surface area (Å²) in [7, 11) is 3.06. The Morgan fingerprint density at radius 2 is 1.83 bits per heavy atom. The summed E-state index contributed by atoms with van der Waals surface area (Å²) in [6.07, 6.45) is 1.93. The van der Waals surface area contributed by atoms with E-state index in [-0.39, 0.29) is 6.61 Å². The van der Waals surface area contributed by atoms with Crippen LogP contribution in [0.3, 0.4) is 0 Å². The number of rotatable bonds is 7. The van der Waals surface area contributed by atoms with E-state index >= 15 is 0 Å². The SMILES string of the molecule is COc1ccc(COc2cc(F)c(Cc3c(I)ccc(N)c3N)cc2OC)cn1. The molecule has 152 valence electrons. The van der Waals surface area contributed by atoms with Crippen molar-refractivity contribution in [1.29, 1.82) is 0 Å². The first kappa shape index (κ1) is 21.0. The third-order valence-corrected chi connectivity index (χ3v) is 5.45. The van der Waals surface area contributed by atoms with Crippen LogP contribution in [0.1, 0.15) is 16.7 Å². The van der Waals surface area contributed by atoms with Crippen molar-refractivity contribution in [3.05, 3.63) is 68.7 Å². The van der Waals surface area contributed by atoms with Crippen LogP contribution in [0.25, 0.3) is 0 Å². The maximum absolute atomic E-state index is 14.8. The number of hydrogen-bond acceptors (Lipinski definition) is 6. The molecule has 0 unspecified atom stereocenters. The summed E-state index contributed by atoms with van der Waals surface area (Å²) in [6, 6.07) is 10.1. The highest BCUT2D eigenvalue weighted by Gasteiger charge is 2.16. The maximum Gasteiger partial charge on any atom is 0.212 e. The van der Waals surface area contributed by atoms with E-state index in [0.29, 0.717) is 40.7 Å². The Labute approximate surface area is 182 Å². The predicted molar refractivity (Wildman–Crippen MR) is 119 cm³/mol. The minimum absolute atomic E-state index is 0.214. The van der Waals surface area contributed by atoms with Crippen molar-refractivity contribution in [2.24, 2.45) is 0 Å². The van der Waals surface area contributed by atoms with Crippen LogP contribution in [0.15, 0.2) is 42.6 Å². The maximum atomic E-state index is 14.8. The molecule has 8 heteroatoms. The predicted octanol–water partition coefficient (Wildman–Crippen LogP) is 4.18. The van der Waals surface area contributed by atoms with Crippen molar-refractivity contribution in [2.45, 2.75) is 13.0 Å². The van der Waals surface area contributed by atoms with Gasteiger partial charge in [0, 0.05) is 33.9 Å². The van der Waals surface area contributed by atoms with Gasteiger partial charge in [0.1, 0.15) is 12.4 Å². The van der Waals surface area contributed by atoms with Crippen molar-refractivity contribution in [3.8, 4) is 17.4 Å². The van der Waals surface area contributed by atoms with Gasteiger partial charge < -0.3 is 25.7 Å². The highest BCUT2D eigenvalue weighted by atomic mass is 127. The molecule has 0 fully saturated rings. The van der Waals surface area contributed by atoms with Gasteiger partial charge >= 0.3 is 0 Å². The van der Waals surface area contributed by atoms with Crippen LogP contribution < -0.4 is 25.7 Å². The standard InChI is InChI=1S/C21H21FIN3O3/c1-27-18-8-13(7-14-16(23)4-5-17(24)21(14)25)15(22)9-19(18)29-11-12-3-6-20(28-2)26-10-12/h3-6,8-10H,7,11,24-25H2,1-2H3. The second kappa shape index (κ2) is 9.17. The number of nitrogen functional groups attached to an aromatic ring is 2. The number of nitrogens with zero attached hydrogens (tertiary/aromatic N) is 1. The Kier molecular flexibility index (Phi) is 6.63. The number of anilines is 2. The Hall–Kier alpha value is -2.75. The van der Waals surface area contributed by atoms with Gasteiger partial charge in [-0.3, -0.25) is 0 Å². The van der Waals surface area contributed by atoms with Crippen molar-refractivity contribution in [3.63, 3.8) is 0 Å². The Bertz CT molecular complexity index is 1010. The molecule has 0 aliphatic rings. The molecule has 0 aliphatic heterocycles. The van der Waals surface area contributed by atoms with Crippen molar-refractivity contribution in [2.75, 3.05) is 25.7 Å². The zero-order valence-corrected chi connectivity index (χ0v) is 18.2. The Morgan fingerprint density at radius 3 is 2.48 bits per heavy atom. The number of ether oxygens (including phenoxy) is 3. The summed E-state index contributed by atoms with van der Waals surface area (Å²) in [5.41, 5.74) is 15.0. The third kappa shape index (κ3) is 4.81. The second-order valence-corrected chi connectivity index (χ2v) is 7.46. The van der Waals surface area contributed by atoms with Crippen LogP contribution in [-0.4, -0.2) is 19.2 Å². The molecule has 0 radical (unpaired) electrons. The minimum Gasteiger partial charge on any atom is -0.493 e. The molecule has 1 heterocycles. The lowest BCUT2D eigenvalue weighted by Crippen LogP contribution is -2.05. The van der Waals surface area contributed by atoms with Crippen molar-refractivity contribution >= 4 is 34.0 Å². The van der Waals surface area contributed by atoms with Gasteiger partial charge in [0.05, 0.1) is 25.6 Å². The monoisotopic (exact) mass is 509 g/mol. The average Bonchev–Trinajstić information content (AvgIpc) is 2.73. The third-order valence-electron chi connectivity index (χ3n) is 4.43. The minimum atomic E-state index is -0.411. The van der Waals surface area contributed by atoms with Crippen molar-refractivity contribution in [1.82, 2.24) is 4.98 Å². The summed E-state index contributed by atoms with van der Waals surface area (Å²) >= 11 is 2.16. The molecule has 6 nitrogen and oxygen atoms in total. The highest BCUT2D eigenvalue weighted by Crippen LogP contribution is 2.34. The van der Waals surface area contributed by atoms with Gasteiger partial charge in [-0.05, 0) is 58.0 Å². The zero-order chi connectivity index (χ0) is 21.0. The summed E-state index contributed by atoms with van der Waals surface area (Å²) in [5, 5.41) is 0. The van der Waals surface area contributed by atoms with Gasteiger partial charge in [-0.15, -0.1) is 0 Å². The summed E-state index contributed by atoms with van der Waals surface area (Å²) in [4.78, 5) is 4.12. The van der Waals surface area contributed by atoms with E-state index in [1.165, 1.54) is 13.2 Å². The summed E-state index contributed by atoms with van der Waals surface area (Å²) in [6.45, 7) is 0.214. The molecular formula is C21H21FIN3O3. The molecule has 0 saturated carbocycles. The van der Waals surface area contributed by atoms with Crippen molar-refractivity contribution < 1.29 is 18.6 Å². The fourth-order valence-corrected chi connectivity index (χ4v) is 3.45. The van der Waals surface area contributed by atoms with E-state index in [2.05, 4.69) is 27.6 Å². The van der Waals surface area contributed by atoms with Gasteiger partial charge in [0.25, 0.3) is 0 Å². The molecule has 0 aliphatic carbocycles. The number of hydrogen-bond donors (Lipinski definition) is 2. The number of nitrogens with two attached hydrogens (primary N) is 2. The van der Waals surface area contributed by atoms with Crippen LogP contribution in [0.5, 0.6) is 17.4 Å². The second-order valence-electron chi connectivity index (χ2n) is 6.30. The zero-order valence-electron chi connectivity index (χ0n) is 16.0. The van der Waals surface area contributed by atoms with E-state index in [4.69, 9.17) is 25.7 Å². The van der Waals surface area contributed by atoms with Crippen LogP contribution in [0.4, 0.5) is 15.8 Å². The number of halogens is 2. The molecule has 0 bridgehead atoms.